The Balaban J connectivity index is 1.22. The average Bonchev–Trinajstić information content (AvgIpc) is 3.37. The van der Waals surface area contributed by atoms with Crippen molar-refractivity contribution in [2.24, 2.45) is 7.05 Å². The number of fused-ring (bicyclic) bond motifs is 2. The Hall–Kier alpha value is -5.13. The molecule has 0 unspecified atom stereocenters. The highest BCUT2D eigenvalue weighted by Crippen LogP contribution is 2.31. The maximum absolute atomic E-state index is 12.3. The molecular weight excluding hydrogens is 520 g/mol. The Morgan fingerprint density at radius 1 is 1.15 bits per heavy atom. The van der Waals surface area contributed by atoms with Crippen LogP contribution in [0, 0.1) is 6.92 Å². The number of ether oxygens (including phenoxy) is 1. The van der Waals surface area contributed by atoms with Crippen molar-refractivity contribution in [3.8, 4) is 11.5 Å². The SMILES string of the molecule is C=CC(=O)N1CCN(c2ncc3ncnc(Nc4ccc(Oc5ccc6c(c5)nnn6C)c(C)c4)c3n2)C[C@H]1CC. The van der Waals surface area contributed by atoms with E-state index in [4.69, 9.17) is 9.72 Å². The van der Waals surface area contributed by atoms with Crippen molar-refractivity contribution in [1.29, 1.82) is 0 Å². The van der Waals surface area contributed by atoms with Gasteiger partial charge < -0.3 is 19.9 Å². The molecule has 41 heavy (non-hydrogen) atoms. The summed E-state index contributed by atoms with van der Waals surface area (Å²) < 4.78 is 7.87. The van der Waals surface area contributed by atoms with Crippen molar-refractivity contribution < 1.29 is 9.53 Å². The van der Waals surface area contributed by atoms with Crippen LogP contribution in [-0.4, -0.2) is 71.4 Å². The maximum Gasteiger partial charge on any atom is 0.246 e. The minimum atomic E-state index is -0.0471. The topological polar surface area (TPSA) is 127 Å². The van der Waals surface area contributed by atoms with Crippen LogP contribution in [0.4, 0.5) is 17.5 Å². The fraction of sp³-hybridized carbons (Fsp3) is 0.276. The van der Waals surface area contributed by atoms with Crippen LogP contribution in [0.15, 0.2) is 61.6 Å². The molecule has 6 rings (SSSR count). The van der Waals surface area contributed by atoms with E-state index >= 15 is 0 Å². The van der Waals surface area contributed by atoms with Crippen LogP contribution < -0.4 is 15.0 Å². The minimum Gasteiger partial charge on any atom is -0.457 e. The average molecular weight is 551 g/mol. The molecule has 3 aromatic heterocycles. The maximum atomic E-state index is 12.3. The molecule has 0 aliphatic carbocycles. The normalized spacial score (nSPS) is 15.3. The van der Waals surface area contributed by atoms with Gasteiger partial charge in [0.2, 0.25) is 11.9 Å². The molecule has 1 atom stereocenters. The molecule has 4 heterocycles. The standard InChI is InChI=1S/C29H30N10O2/c1-5-20-16-38(11-12-39(20)26(40)6-2)29-30-15-23-27(34-29)28(32-17-31-23)33-19-7-10-25(18(3)13-19)41-21-8-9-24-22(14-21)35-36-37(24)4/h6-10,13-15,17,20H,2,5,11-12,16H2,1,3-4H3,(H,31,32,33)/t20-/m1/s1. The van der Waals surface area contributed by atoms with E-state index in [1.54, 1.807) is 10.9 Å². The first kappa shape index (κ1) is 26.1. The Bertz CT molecular complexity index is 1770. The first-order valence-corrected chi connectivity index (χ1v) is 13.4. The van der Waals surface area contributed by atoms with Crippen molar-refractivity contribution in [3.63, 3.8) is 0 Å². The lowest BCUT2D eigenvalue weighted by Crippen LogP contribution is -2.55. The molecule has 0 spiro atoms. The fourth-order valence-corrected chi connectivity index (χ4v) is 5.07. The third-order valence-electron chi connectivity index (χ3n) is 7.31. The van der Waals surface area contributed by atoms with Crippen LogP contribution in [0.3, 0.4) is 0 Å². The number of nitrogens with one attached hydrogen (secondary N) is 1. The van der Waals surface area contributed by atoms with E-state index in [1.165, 1.54) is 12.4 Å². The Morgan fingerprint density at radius 3 is 2.83 bits per heavy atom. The minimum absolute atomic E-state index is 0.0471. The van der Waals surface area contributed by atoms with Crippen LogP contribution in [-0.2, 0) is 11.8 Å². The number of hydrogen-bond donors (Lipinski definition) is 1. The number of amides is 1. The lowest BCUT2D eigenvalue weighted by molar-refractivity contribution is -0.128. The largest absolute Gasteiger partial charge is 0.457 e. The summed E-state index contributed by atoms with van der Waals surface area (Å²) >= 11 is 0. The van der Waals surface area contributed by atoms with E-state index in [9.17, 15) is 4.79 Å². The van der Waals surface area contributed by atoms with Gasteiger partial charge in [0.15, 0.2) is 5.82 Å². The molecular formula is C29H30N10O2. The van der Waals surface area contributed by atoms with Crippen molar-refractivity contribution in [3.05, 3.63) is 67.1 Å². The van der Waals surface area contributed by atoms with Crippen molar-refractivity contribution in [2.75, 3.05) is 29.9 Å². The molecule has 12 nitrogen and oxygen atoms in total. The summed E-state index contributed by atoms with van der Waals surface area (Å²) in [5.41, 5.74) is 4.74. The van der Waals surface area contributed by atoms with Crippen LogP contribution in [0.5, 0.6) is 11.5 Å². The zero-order valence-electron chi connectivity index (χ0n) is 23.2. The fourth-order valence-electron chi connectivity index (χ4n) is 5.07. The van der Waals surface area contributed by atoms with E-state index in [0.29, 0.717) is 48.2 Å². The molecule has 1 aliphatic rings. The van der Waals surface area contributed by atoms with Crippen molar-refractivity contribution in [1.82, 2.24) is 39.8 Å². The van der Waals surface area contributed by atoms with Crippen LogP contribution in [0.2, 0.25) is 0 Å². The molecule has 1 aliphatic heterocycles. The van der Waals surface area contributed by atoms with Crippen molar-refractivity contribution in [2.45, 2.75) is 26.3 Å². The van der Waals surface area contributed by atoms with Crippen LogP contribution in [0.1, 0.15) is 18.9 Å². The van der Waals surface area contributed by atoms with Gasteiger partial charge in [-0.15, -0.1) is 5.10 Å². The van der Waals surface area contributed by atoms with E-state index in [2.05, 4.69) is 49.0 Å². The number of benzene rings is 2. The zero-order chi connectivity index (χ0) is 28.5. The van der Waals surface area contributed by atoms with Gasteiger partial charge in [0, 0.05) is 44.5 Å². The number of aromatic nitrogens is 7. The van der Waals surface area contributed by atoms with E-state index in [1.807, 2.05) is 55.3 Å². The highest BCUT2D eigenvalue weighted by Gasteiger charge is 2.29. The van der Waals surface area contributed by atoms with Gasteiger partial charge in [-0.05, 0) is 55.3 Å². The van der Waals surface area contributed by atoms with Gasteiger partial charge in [0.1, 0.15) is 34.4 Å². The van der Waals surface area contributed by atoms with Gasteiger partial charge in [-0.3, -0.25) is 4.79 Å². The molecule has 0 bridgehead atoms. The first-order chi connectivity index (χ1) is 19.9. The van der Waals surface area contributed by atoms with Crippen LogP contribution >= 0.6 is 0 Å². The second-order valence-corrected chi connectivity index (χ2v) is 9.94. The number of carbonyl (C=O) groups is 1. The number of hydrogen-bond acceptors (Lipinski definition) is 10. The van der Waals surface area contributed by atoms with Gasteiger partial charge in [0.25, 0.3) is 0 Å². The first-order valence-electron chi connectivity index (χ1n) is 13.4. The number of piperazine rings is 1. The summed E-state index contributed by atoms with van der Waals surface area (Å²) in [6, 6.07) is 11.6. The number of rotatable bonds is 7. The molecule has 1 fully saturated rings. The number of aryl methyl sites for hydroxylation is 2. The molecule has 12 heteroatoms. The van der Waals surface area contributed by atoms with Crippen LogP contribution in [0.25, 0.3) is 22.1 Å². The molecule has 2 aromatic carbocycles. The second kappa shape index (κ2) is 10.8. The summed E-state index contributed by atoms with van der Waals surface area (Å²) in [7, 11) is 1.86. The van der Waals surface area contributed by atoms with Gasteiger partial charge >= 0.3 is 0 Å². The van der Waals surface area contributed by atoms with E-state index in [0.717, 1.165) is 34.5 Å². The summed E-state index contributed by atoms with van der Waals surface area (Å²) in [5.74, 6) is 2.53. The zero-order valence-corrected chi connectivity index (χ0v) is 23.2. The number of anilines is 3. The van der Waals surface area contributed by atoms with Crippen molar-refractivity contribution >= 4 is 45.4 Å². The Kier molecular flexibility index (Phi) is 6.88. The molecule has 1 N–H and O–H groups in total. The number of nitrogens with zero attached hydrogens (tertiary/aromatic N) is 9. The summed E-state index contributed by atoms with van der Waals surface area (Å²) in [6.07, 6.45) is 5.41. The molecule has 1 amide bonds. The number of carbonyl (C=O) groups excluding carboxylic acids is 1. The van der Waals surface area contributed by atoms with E-state index < -0.39 is 0 Å². The quantitative estimate of drug-likeness (QED) is 0.295. The molecule has 0 radical (unpaired) electrons. The lowest BCUT2D eigenvalue weighted by Gasteiger charge is -2.40. The van der Waals surface area contributed by atoms with Gasteiger partial charge in [-0.25, -0.2) is 24.6 Å². The highest BCUT2D eigenvalue weighted by molar-refractivity contribution is 5.88. The Morgan fingerprint density at radius 2 is 2.02 bits per heavy atom. The molecule has 1 saturated heterocycles. The molecule has 208 valence electrons. The third kappa shape index (κ3) is 5.11. The summed E-state index contributed by atoms with van der Waals surface area (Å²) in [6.45, 7) is 9.55. The predicted molar refractivity (Wildman–Crippen MR) is 156 cm³/mol. The summed E-state index contributed by atoms with van der Waals surface area (Å²) in [5, 5.41) is 11.6. The smallest absolute Gasteiger partial charge is 0.246 e. The van der Waals surface area contributed by atoms with Gasteiger partial charge in [0.05, 0.1) is 11.7 Å². The lowest BCUT2D eigenvalue weighted by atomic mass is 10.1. The predicted octanol–water partition coefficient (Wildman–Crippen LogP) is 4.16. The third-order valence-corrected chi connectivity index (χ3v) is 7.31. The van der Waals surface area contributed by atoms with Gasteiger partial charge in [-0.2, -0.15) is 0 Å². The molecule has 5 aromatic rings. The van der Waals surface area contributed by atoms with E-state index in [-0.39, 0.29) is 11.9 Å². The summed E-state index contributed by atoms with van der Waals surface area (Å²) in [4.78, 5) is 34.5. The second-order valence-electron chi connectivity index (χ2n) is 9.94. The monoisotopic (exact) mass is 550 g/mol. The van der Waals surface area contributed by atoms with Gasteiger partial charge in [-0.1, -0.05) is 18.7 Å². The highest BCUT2D eigenvalue weighted by atomic mass is 16.5. The molecule has 0 saturated carbocycles. The Labute approximate surface area is 236 Å².